The molecular formula is C13H21N3O2S. The predicted molar refractivity (Wildman–Crippen MR) is 77.4 cm³/mol. The van der Waals surface area contributed by atoms with E-state index in [-0.39, 0.29) is 11.9 Å². The summed E-state index contributed by atoms with van der Waals surface area (Å²) in [6, 6.07) is 3.78. The van der Waals surface area contributed by atoms with Crippen LogP contribution in [0.3, 0.4) is 0 Å². The minimum Gasteiger partial charge on any atom is -0.354 e. The first-order valence-corrected chi connectivity index (χ1v) is 7.37. The van der Waals surface area contributed by atoms with Gasteiger partial charge in [0.15, 0.2) is 0 Å². The SMILES string of the molecule is CCN(CC)C(=O)NCCNC(=O)Cc1cccs1. The number of carbonyl (C=O) groups excluding carboxylic acids is 2. The van der Waals surface area contributed by atoms with Crippen molar-refractivity contribution in [2.75, 3.05) is 26.2 Å². The van der Waals surface area contributed by atoms with Crippen LogP contribution in [0.25, 0.3) is 0 Å². The Morgan fingerprint density at radius 1 is 1.21 bits per heavy atom. The lowest BCUT2D eigenvalue weighted by molar-refractivity contribution is -0.120. The molecule has 1 rings (SSSR count). The molecule has 0 saturated carbocycles. The standard InChI is InChI=1S/C13H21N3O2S/c1-3-16(4-2)13(18)15-8-7-14-12(17)10-11-6-5-9-19-11/h5-6,9H,3-4,7-8,10H2,1-2H3,(H,14,17)(H,15,18). The lowest BCUT2D eigenvalue weighted by atomic mass is 10.3. The molecule has 0 bridgehead atoms. The van der Waals surface area contributed by atoms with Crippen LogP contribution < -0.4 is 10.6 Å². The Bertz CT molecular complexity index is 389. The predicted octanol–water partition coefficient (Wildman–Crippen LogP) is 1.46. The van der Waals surface area contributed by atoms with Gasteiger partial charge in [0, 0.05) is 31.1 Å². The molecule has 0 aliphatic carbocycles. The Hall–Kier alpha value is -1.56. The molecule has 0 fully saturated rings. The summed E-state index contributed by atoms with van der Waals surface area (Å²) in [6.07, 6.45) is 0.404. The van der Waals surface area contributed by atoms with Crippen LogP contribution in [0.5, 0.6) is 0 Å². The number of amides is 3. The Balaban J connectivity index is 2.13. The van der Waals surface area contributed by atoms with E-state index in [2.05, 4.69) is 10.6 Å². The Morgan fingerprint density at radius 3 is 2.47 bits per heavy atom. The third-order valence-corrected chi connectivity index (χ3v) is 3.57. The Labute approximate surface area is 118 Å². The van der Waals surface area contributed by atoms with Crippen molar-refractivity contribution in [3.05, 3.63) is 22.4 Å². The summed E-state index contributed by atoms with van der Waals surface area (Å²) in [4.78, 5) is 25.9. The van der Waals surface area contributed by atoms with Crippen LogP contribution >= 0.6 is 11.3 Å². The largest absolute Gasteiger partial charge is 0.354 e. The zero-order valence-corrected chi connectivity index (χ0v) is 12.3. The number of nitrogens with zero attached hydrogens (tertiary/aromatic N) is 1. The molecule has 1 aromatic heterocycles. The molecule has 2 N–H and O–H groups in total. The second-order valence-corrected chi connectivity index (χ2v) is 5.04. The number of nitrogens with one attached hydrogen (secondary N) is 2. The fourth-order valence-corrected chi connectivity index (χ4v) is 2.33. The molecule has 5 nitrogen and oxygen atoms in total. The van der Waals surface area contributed by atoms with Crippen LogP contribution in [0, 0.1) is 0 Å². The highest BCUT2D eigenvalue weighted by Crippen LogP contribution is 2.08. The normalized spacial score (nSPS) is 10.0. The van der Waals surface area contributed by atoms with Crippen molar-refractivity contribution in [3.8, 4) is 0 Å². The first-order chi connectivity index (χ1) is 9.17. The number of hydrogen-bond donors (Lipinski definition) is 2. The molecule has 0 radical (unpaired) electrons. The molecule has 0 spiro atoms. The molecule has 6 heteroatoms. The maximum absolute atomic E-state index is 11.6. The minimum absolute atomic E-state index is 0.0143. The van der Waals surface area contributed by atoms with Gasteiger partial charge in [0.1, 0.15) is 0 Å². The highest BCUT2D eigenvalue weighted by Gasteiger charge is 2.08. The zero-order valence-electron chi connectivity index (χ0n) is 11.4. The highest BCUT2D eigenvalue weighted by molar-refractivity contribution is 7.10. The average molecular weight is 283 g/mol. The lowest BCUT2D eigenvalue weighted by Gasteiger charge is -2.19. The van der Waals surface area contributed by atoms with Gasteiger partial charge in [-0.1, -0.05) is 6.07 Å². The molecule has 3 amide bonds. The quantitative estimate of drug-likeness (QED) is 0.744. The second-order valence-electron chi connectivity index (χ2n) is 4.01. The fraction of sp³-hybridized carbons (Fsp3) is 0.538. The molecule has 0 saturated heterocycles. The Morgan fingerprint density at radius 2 is 1.89 bits per heavy atom. The summed E-state index contributed by atoms with van der Waals surface area (Å²) in [7, 11) is 0. The molecule has 0 atom stereocenters. The van der Waals surface area contributed by atoms with Gasteiger partial charge in [-0.15, -0.1) is 11.3 Å². The van der Waals surface area contributed by atoms with E-state index in [1.165, 1.54) is 0 Å². The van der Waals surface area contributed by atoms with Gasteiger partial charge in [-0.25, -0.2) is 4.79 Å². The number of thiophene rings is 1. The van der Waals surface area contributed by atoms with Gasteiger partial charge in [-0.3, -0.25) is 4.79 Å². The number of urea groups is 1. The van der Waals surface area contributed by atoms with Gasteiger partial charge >= 0.3 is 6.03 Å². The maximum Gasteiger partial charge on any atom is 0.317 e. The molecule has 0 aliphatic heterocycles. The molecule has 0 aliphatic rings. The van der Waals surface area contributed by atoms with E-state index in [1.54, 1.807) is 16.2 Å². The summed E-state index contributed by atoms with van der Waals surface area (Å²) in [5, 5.41) is 7.51. The molecule has 19 heavy (non-hydrogen) atoms. The molecule has 106 valence electrons. The maximum atomic E-state index is 11.6. The van der Waals surface area contributed by atoms with Gasteiger partial charge in [-0.2, -0.15) is 0 Å². The second kappa shape index (κ2) is 8.53. The summed E-state index contributed by atoms with van der Waals surface area (Å²) in [5.74, 6) is -0.0143. The number of rotatable bonds is 7. The van der Waals surface area contributed by atoms with Crippen molar-refractivity contribution in [2.24, 2.45) is 0 Å². The van der Waals surface area contributed by atoms with Gasteiger partial charge in [0.25, 0.3) is 0 Å². The first kappa shape index (κ1) is 15.5. The van der Waals surface area contributed by atoms with Crippen molar-refractivity contribution in [3.63, 3.8) is 0 Å². The van der Waals surface area contributed by atoms with Crippen molar-refractivity contribution in [1.82, 2.24) is 15.5 Å². The van der Waals surface area contributed by atoms with Gasteiger partial charge in [0.2, 0.25) is 5.91 Å². The topological polar surface area (TPSA) is 61.4 Å². The molecule has 1 heterocycles. The van der Waals surface area contributed by atoms with Crippen LogP contribution in [-0.2, 0) is 11.2 Å². The van der Waals surface area contributed by atoms with Crippen molar-refractivity contribution in [2.45, 2.75) is 20.3 Å². The van der Waals surface area contributed by atoms with Gasteiger partial charge < -0.3 is 15.5 Å². The Kier molecular flexibility index (Phi) is 6.95. The van der Waals surface area contributed by atoms with E-state index in [9.17, 15) is 9.59 Å². The highest BCUT2D eigenvalue weighted by atomic mass is 32.1. The van der Waals surface area contributed by atoms with E-state index >= 15 is 0 Å². The molecule has 0 aromatic carbocycles. The van der Waals surface area contributed by atoms with E-state index in [0.29, 0.717) is 32.6 Å². The molecule has 0 unspecified atom stereocenters. The van der Waals surface area contributed by atoms with Gasteiger partial charge in [0.05, 0.1) is 6.42 Å². The molecular weight excluding hydrogens is 262 g/mol. The van der Waals surface area contributed by atoms with Crippen molar-refractivity contribution >= 4 is 23.3 Å². The summed E-state index contributed by atoms with van der Waals surface area (Å²) < 4.78 is 0. The summed E-state index contributed by atoms with van der Waals surface area (Å²) in [6.45, 7) is 6.15. The third kappa shape index (κ3) is 5.74. The van der Waals surface area contributed by atoms with Crippen molar-refractivity contribution in [1.29, 1.82) is 0 Å². The minimum atomic E-state index is -0.0856. The van der Waals surface area contributed by atoms with Crippen molar-refractivity contribution < 1.29 is 9.59 Å². The lowest BCUT2D eigenvalue weighted by Crippen LogP contribution is -2.43. The third-order valence-electron chi connectivity index (χ3n) is 2.69. The number of hydrogen-bond acceptors (Lipinski definition) is 3. The van der Waals surface area contributed by atoms with E-state index in [1.807, 2.05) is 31.4 Å². The fourth-order valence-electron chi connectivity index (χ4n) is 1.63. The van der Waals surface area contributed by atoms with Crippen LogP contribution in [0.2, 0.25) is 0 Å². The smallest absolute Gasteiger partial charge is 0.317 e. The summed E-state index contributed by atoms with van der Waals surface area (Å²) >= 11 is 1.57. The van der Waals surface area contributed by atoms with E-state index in [0.717, 1.165) is 4.88 Å². The van der Waals surface area contributed by atoms with E-state index in [4.69, 9.17) is 0 Å². The average Bonchev–Trinajstić information content (AvgIpc) is 2.89. The van der Waals surface area contributed by atoms with E-state index < -0.39 is 0 Å². The van der Waals surface area contributed by atoms with Gasteiger partial charge in [-0.05, 0) is 25.3 Å². The molecule has 1 aromatic rings. The monoisotopic (exact) mass is 283 g/mol. The van der Waals surface area contributed by atoms with Crippen LogP contribution in [0.15, 0.2) is 17.5 Å². The zero-order chi connectivity index (χ0) is 14.1. The number of carbonyl (C=O) groups is 2. The van der Waals surface area contributed by atoms with Crippen LogP contribution in [-0.4, -0.2) is 43.0 Å². The van der Waals surface area contributed by atoms with Crippen LogP contribution in [0.1, 0.15) is 18.7 Å². The summed E-state index contributed by atoms with van der Waals surface area (Å²) in [5.41, 5.74) is 0. The first-order valence-electron chi connectivity index (χ1n) is 6.49. The van der Waals surface area contributed by atoms with Crippen LogP contribution in [0.4, 0.5) is 4.79 Å².